The van der Waals surface area contributed by atoms with Gasteiger partial charge >= 0.3 is 0 Å². The summed E-state index contributed by atoms with van der Waals surface area (Å²) in [7, 11) is 0. The number of aromatic nitrogens is 2. The molecule has 2 aromatic heterocycles. The van der Waals surface area contributed by atoms with Gasteiger partial charge < -0.3 is 5.32 Å². The number of halogens is 2. The van der Waals surface area contributed by atoms with Crippen molar-refractivity contribution in [1.29, 1.82) is 0 Å². The fourth-order valence-electron chi connectivity index (χ4n) is 1.82. The maximum Gasteiger partial charge on any atom is 0.137 e. The molecule has 1 N–H and O–H groups in total. The molecule has 3 rings (SSSR count). The zero-order valence-electron chi connectivity index (χ0n) is 10.4. The largest absolute Gasteiger partial charge is 0.365 e. The summed E-state index contributed by atoms with van der Waals surface area (Å²) in [5, 5.41) is 3.92. The first kappa shape index (κ1) is 13.3. The van der Waals surface area contributed by atoms with Crippen molar-refractivity contribution in [2.75, 3.05) is 5.32 Å². The van der Waals surface area contributed by atoms with Gasteiger partial charge in [0.05, 0.1) is 10.3 Å². The summed E-state index contributed by atoms with van der Waals surface area (Å²) in [5.41, 5.74) is 0.918. The Hall–Kier alpha value is -0.650. The van der Waals surface area contributed by atoms with Crippen LogP contribution in [0.15, 0.2) is 15.9 Å². The van der Waals surface area contributed by atoms with Crippen LogP contribution in [-0.2, 0) is 6.54 Å². The monoisotopic (exact) mass is 357 g/mol. The van der Waals surface area contributed by atoms with Crippen molar-refractivity contribution in [1.82, 2.24) is 9.97 Å². The number of hydrogen-bond acceptors (Lipinski definition) is 4. The number of anilines is 1. The van der Waals surface area contributed by atoms with Crippen molar-refractivity contribution in [3.63, 3.8) is 0 Å². The predicted octanol–water partition coefficient (Wildman–Crippen LogP) is 4.75. The minimum absolute atomic E-state index is 0.509. The molecular weight excluding hydrogens is 346 g/mol. The average molecular weight is 359 g/mol. The summed E-state index contributed by atoms with van der Waals surface area (Å²) in [6.07, 6.45) is 2.35. The Balaban J connectivity index is 1.79. The van der Waals surface area contributed by atoms with Gasteiger partial charge in [0.1, 0.15) is 16.8 Å². The molecule has 100 valence electrons. The second-order valence-corrected chi connectivity index (χ2v) is 7.59. The van der Waals surface area contributed by atoms with Gasteiger partial charge in [-0.1, -0.05) is 11.6 Å². The van der Waals surface area contributed by atoms with Crippen molar-refractivity contribution in [3.8, 4) is 0 Å². The second kappa shape index (κ2) is 5.38. The van der Waals surface area contributed by atoms with Crippen molar-refractivity contribution >= 4 is 44.7 Å². The van der Waals surface area contributed by atoms with Gasteiger partial charge in [-0.05, 0) is 47.8 Å². The Labute approximate surface area is 129 Å². The summed E-state index contributed by atoms with van der Waals surface area (Å²) in [5.74, 6) is 2.24. The Morgan fingerprint density at radius 1 is 1.42 bits per heavy atom. The van der Waals surface area contributed by atoms with Crippen LogP contribution in [0.4, 0.5) is 5.82 Å². The summed E-state index contributed by atoms with van der Waals surface area (Å²) >= 11 is 11.4. The first-order valence-corrected chi connectivity index (χ1v) is 8.14. The van der Waals surface area contributed by atoms with E-state index in [0.717, 1.165) is 27.5 Å². The lowest BCUT2D eigenvalue weighted by atomic mass is 10.3. The van der Waals surface area contributed by atoms with Gasteiger partial charge in [0.15, 0.2) is 0 Å². The molecule has 3 nitrogen and oxygen atoms in total. The van der Waals surface area contributed by atoms with E-state index in [9.17, 15) is 0 Å². The van der Waals surface area contributed by atoms with Crippen LogP contribution in [0.3, 0.4) is 0 Å². The zero-order chi connectivity index (χ0) is 13.4. The third-order valence-electron chi connectivity index (χ3n) is 3.11. The van der Waals surface area contributed by atoms with Crippen molar-refractivity contribution in [3.05, 3.63) is 37.3 Å². The van der Waals surface area contributed by atoms with E-state index < -0.39 is 0 Å². The van der Waals surface area contributed by atoms with Crippen LogP contribution >= 0.6 is 38.9 Å². The molecule has 0 amide bonds. The average Bonchev–Trinajstić information content (AvgIpc) is 3.15. The summed E-state index contributed by atoms with van der Waals surface area (Å²) in [4.78, 5) is 10.2. The smallest absolute Gasteiger partial charge is 0.137 e. The fourth-order valence-corrected chi connectivity index (χ4v) is 3.42. The molecule has 0 radical (unpaired) electrons. The van der Waals surface area contributed by atoms with Gasteiger partial charge in [-0.2, -0.15) is 0 Å². The lowest BCUT2D eigenvalue weighted by Gasteiger charge is -2.10. The predicted molar refractivity (Wildman–Crippen MR) is 83.1 cm³/mol. The van der Waals surface area contributed by atoms with Crippen LogP contribution in [0.5, 0.6) is 0 Å². The standard InChI is InChI=1S/C13H13BrClN3S/c1-7-11(15)17-13(8-2-3-8)18-12(7)16-6-9-4-5-10(14)19-9/h4-5,8H,2-3,6H2,1H3,(H,16,17,18). The van der Waals surface area contributed by atoms with E-state index in [0.29, 0.717) is 11.1 Å². The lowest BCUT2D eigenvalue weighted by molar-refractivity contribution is 0.913. The molecule has 1 aliphatic rings. The minimum Gasteiger partial charge on any atom is -0.365 e. The molecule has 2 aromatic rings. The molecule has 19 heavy (non-hydrogen) atoms. The fraction of sp³-hybridized carbons (Fsp3) is 0.385. The van der Waals surface area contributed by atoms with E-state index in [1.54, 1.807) is 11.3 Å². The molecule has 0 spiro atoms. The lowest BCUT2D eigenvalue weighted by Crippen LogP contribution is -2.06. The molecule has 1 fully saturated rings. The highest BCUT2D eigenvalue weighted by Crippen LogP contribution is 2.39. The van der Waals surface area contributed by atoms with Crippen LogP contribution in [-0.4, -0.2) is 9.97 Å². The molecule has 0 unspecified atom stereocenters. The number of nitrogens with one attached hydrogen (secondary N) is 1. The van der Waals surface area contributed by atoms with Crippen LogP contribution in [0.1, 0.15) is 35.0 Å². The van der Waals surface area contributed by atoms with Gasteiger partial charge in [-0.25, -0.2) is 9.97 Å². The van der Waals surface area contributed by atoms with E-state index in [1.165, 1.54) is 17.7 Å². The van der Waals surface area contributed by atoms with Crippen molar-refractivity contribution < 1.29 is 0 Å². The van der Waals surface area contributed by atoms with Crippen LogP contribution < -0.4 is 5.32 Å². The molecule has 0 saturated heterocycles. The third kappa shape index (κ3) is 3.09. The van der Waals surface area contributed by atoms with Gasteiger partial charge in [0, 0.05) is 16.4 Å². The summed E-state index contributed by atoms with van der Waals surface area (Å²) < 4.78 is 1.14. The molecule has 1 aliphatic carbocycles. The highest BCUT2D eigenvalue weighted by molar-refractivity contribution is 9.11. The van der Waals surface area contributed by atoms with Gasteiger partial charge in [-0.3, -0.25) is 0 Å². The molecular formula is C13H13BrClN3S. The van der Waals surface area contributed by atoms with E-state index in [2.05, 4.69) is 43.3 Å². The zero-order valence-corrected chi connectivity index (χ0v) is 13.6. The van der Waals surface area contributed by atoms with Crippen LogP contribution in [0, 0.1) is 6.92 Å². The van der Waals surface area contributed by atoms with Crippen molar-refractivity contribution in [2.45, 2.75) is 32.2 Å². The Kier molecular flexibility index (Phi) is 3.78. The Bertz CT molecular complexity index is 610. The SMILES string of the molecule is Cc1c(Cl)nc(C2CC2)nc1NCc1ccc(Br)s1. The van der Waals surface area contributed by atoms with E-state index in [-0.39, 0.29) is 0 Å². The molecule has 2 heterocycles. The Morgan fingerprint density at radius 2 is 2.21 bits per heavy atom. The molecule has 0 aromatic carbocycles. The van der Waals surface area contributed by atoms with Crippen LogP contribution in [0.2, 0.25) is 5.15 Å². The summed E-state index contributed by atoms with van der Waals surface area (Å²) in [6.45, 7) is 2.71. The third-order valence-corrected chi connectivity index (χ3v) is 5.10. The maximum atomic E-state index is 6.18. The van der Waals surface area contributed by atoms with Gasteiger partial charge in [-0.15, -0.1) is 11.3 Å². The second-order valence-electron chi connectivity index (χ2n) is 4.68. The molecule has 1 saturated carbocycles. The van der Waals surface area contributed by atoms with Gasteiger partial charge in [0.2, 0.25) is 0 Å². The molecule has 0 atom stereocenters. The topological polar surface area (TPSA) is 37.8 Å². The minimum atomic E-state index is 0.509. The highest BCUT2D eigenvalue weighted by Gasteiger charge is 2.27. The molecule has 0 bridgehead atoms. The van der Waals surface area contributed by atoms with E-state index >= 15 is 0 Å². The van der Waals surface area contributed by atoms with Crippen LogP contribution in [0.25, 0.3) is 0 Å². The normalized spacial score (nSPS) is 14.7. The quantitative estimate of drug-likeness (QED) is 0.801. The van der Waals surface area contributed by atoms with E-state index in [4.69, 9.17) is 11.6 Å². The van der Waals surface area contributed by atoms with Gasteiger partial charge in [0.25, 0.3) is 0 Å². The Morgan fingerprint density at radius 3 is 2.84 bits per heavy atom. The number of nitrogens with zero attached hydrogens (tertiary/aromatic N) is 2. The highest BCUT2D eigenvalue weighted by atomic mass is 79.9. The molecule has 0 aliphatic heterocycles. The number of hydrogen-bond donors (Lipinski definition) is 1. The molecule has 6 heteroatoms. The first-order valence-electron chi connectivity index (χ1n) is 6.15. The first-order chi connectivity index (χ1) is 9.13. The number of rotatable bonds is 4. The van der Waals surface area contributed by atoms with Crippen molar-refractivity contribution in [2.24, 2.45) is 0 Å². The number of thiophene rings is 1. The maximum absolute atomic E-state index is 6.18. The summed E-state index contributed by atoms with van der Waals surface area (Å²) in [6, 6.07) is 4.15. The van der Waals surface area contributed by atoms with E-state index in [1.807, 2.05) is 6.92 Å².